The minimum atomic E-state index is -3.74. The molecule has 21 heavy (non-hydrogen) atoms. The highest BCUT2D eigenvalue weighted by molar-refractivity contribution is 7.89. The van der Waals surface area contributed by atoms with E-state index < -0.39 is 16.1 Å². The Bertz CT molecular complexity index is 786. The van der Waals surface area contributed by atoms with Crippen LogP contribution in [0.1, 0.15) is 24.1 Å². The summed E-state index contributed by atoms with van der Waals surface area (Å²) in [5.41, 5.74) is 0.865. The summed E-state index contributed by atoms with van der Waals surface area (Å²) in [6.45, 7) is 1.72. The fraction of sp³-hybridized carbons (Fsp3) is 0.143. The summed E-state index contributed by atoms with van der Waals surface area (Å²) in [7, 11) is -3.74. The number of pyridine rings is 1. The number of halogens is 1. The third-order valence-electron chi connectivity index (χ3n) is 2.88. The predicted octanol–water partition coefficient (Wildman–Crippen LogP) is 2.65. The summed E-state index contributed by atoms with van der Waals surface area (Å²) in [4.78, 5) is 3.95. The van der Waals surface area contributed by atoms with Gasteiger partial charge in [0.1, 0.15) is 6.07 Å². The van der Waals surface area contributed by atoms with E-state index in [1.165, 1.54) is 18.2 Å². The molecule has 0 spiro atoms. The van der Waals surface area contributed by atoms with Crippen LogP contribution in [0.15, 0.2) is 47.6 Å². The number of nitrogens with one attached hydrogen (secondary N) is 1. The molecule has 0 aliphatic rings. The molecule has 0 bridgehead atoms. The lowest BCUT2D eigenvalue weighted by molar-refractivity contribution is 0.566. The predicted molar refractivity (Wildman–Crippen MR) is 79.1 cm³/mol. The molecule has 0 aliphatic carbocycles. The number of nitriles is 1. The monoisotopic (exact) mass is 321 g/mol. The molecule has 2 rings (SSSR count). The second kappa shape index (κ2) is 6.22. The molecular weight excluding hydrogens is 310 g/mol. The van der Waals surface area contributed by atoms with Crippen LogP contribution in [0.4, 0.5) is 0 Å². The van der Waals surface area contributed by atoms with Gasteiger partial charge in [-0.15, -0.1) is 0 Å². The molecule has 1 atom stereocenters. The van der Waals surface area contributed by atoms with Gasteiger partial charge in [0.2, 0.25) is 10.0 Å². The Labute approximate surface area is 128 Å². The quantitative estimate of drug-likeness (QED) is 0.938. The lowest BCUT2D eigenvalue weighted by Crippen LogP contribution is -2.27. The fourth-order valence-corrected chi connectivity index (χ4v) is 3.18. The first-order valence-corrected chi connectivity index (χ1v) is 7.92. The molecule has 0 radical (unpaired) electrons. The molecule has 2 aromatic rings. The zero-order valence-electron chi connectivity index (χ0n) is 11.1. The molecule has 1 aromatic carbocycles. The number of benzene rings is 1. The standard InChI is InChI=1S/C14H12ClN3O2S/c1-10(11-3-2-6-17-9-11)18-21(19,20)13-4-5-14(15)12(7-13)8-16/h2-7,9-10,18H,1H3. The summed E-state index contributed by atoms with van der Waals surface area (Å²) < 4.78 is 27.2. The van der Waals surface area contributed by atoms with Gasteiger partial charge >= 0.3 is 0 Å². The first kappa shape index (κ1) is 15.4. The summed E-state index contributed by atoms with van der Waals surface area (Å²) in [5, 5.41) is 9.13. The van der Waals surface area contributed by atoms with E-state index in [1.807, 2.05) is 6.07 Å². The molecule has 5 nitrogen and oxygen atoms in total. The average Bonchev–Trinajstić information content (AvgIpc) is 2.48. The normalized spacial score (nSPS) is 12.6. The van der Waals surface area contributed by atoms with Crippen LogP contribution in [-0.2, 0) is 10.0 Å². The Balaban J connectivity index is 2.29. The van der Waals surface area contributed by atoms with Crippen LogP contribution in [0.5, 0.6) is 0 Å². The number of aromatic nitrogens is 1. The van der Waals surface area contributed by atoms with Gasteiger partial charge in [-0.1, -0.05) is 17.7 Å². The SMILES string of the molecule is CC(NS(=O)(=O)c1ccc(Cl)c(C#N)c1)c1cccnc1. The Morgan fingerprint density at radius 3 is 2.76 bits per heavy atom. The van der Waals surface area contributed by atoms with Crippen molar-refractivity contribution in [2.45, 2.75) is 17.9 Å². The number of hydrogen-bond donors (Lipinski definition) is 1. The van der Waals surface area contributed by atoms with Crippen molar-refractivity contribution >= 4 is 21.6 Å². The number of sulfonamides is 1. The van der Waals surface area contributed by atoms with Crippen LogP contribution in [0.25, 0.3) is 0 Å². The van der Waals surface area contributed by atoms with Gasteiger partial charge in [-0.25, -0.2) is 13.1 Å². The zero-order valence-corrected chi connectivity index (χ0v) is 12.7. The highest BCUT2D eigenvalue weighted by atomic mass is 35.5. The van der Waals surface area contributed by atoms with E-state index in [0.717, 1.165) is 5.56 Å². The van der Waals surface area contributed by atoms with E-state index in [4.69, 9.17) is 16.9 Å². The Morgan fingerprint density at radius 2 is 2.14 bits per heavy atom. The molecule has 7 heteroatoms. The van der Waals surface area contributed by atoms with Crippen molar-refractivity contribution in [3.63, 3.8) is 0 Å². The molecule has 1 aromatic heterocycles. The summed E-state index contributed by atoms with van der Waals surface area (Å²) in [5.74, 6) is 0. The lowest BCUT2D eigenvalue weighted by Gasteiger charge is -2.14. The molecule has 0 aliphatic heterocycles. The third kappa shape index (κ3) is 3.58. The molecule has 0 saturated carbocycles. The van der Waals surface area contributed by atoms with Crippen molar-refractivity contribution in [3.05, 3.63) is 58.9 Å². The molecule has 1 unspecified atom stereocenters. The summed E-state index contributed by atoms with van der Waals surface area (Å²) in [6.07, 6.45) is 3.21. The van der Waals surface area contributed by atoms with Crippen LogP contribution < -0.4 is 4.72 Å². The Morgan fingerprint density at radius 1 is 1.38 bits per heavy atom. The van der Waals surface area contributed by atoms with E-state index in [9.17, 15) is 8.42 Å². The second-order valence-corrected chi connectivity index (χ2v) is 6.50. The van der Waals surface area contributed by atoms with Crippen molar-refractivity contribution in [2.24, 2.45) is 0 Å². The molecule has 108 valence electrons. The van der Waals surface area contributed by atoms with E-state index in [1.54, 1.807) is 31.5 Å². The van der Waals surface area contributed by atoms with Crippen LogP contribution >= 0.6 is 11.6 Å². The van der Waals surface area contributed by atoms with Crippen molar-refractivity contribution in [3.8, 4) is 6.07 Å². The molecule has 1 N–H and O–H groups in total. The van der Waals surface area contributed by atoms with Gasteiger partial charge in [-0.05, 0) is 36.8 Å². The zero-order chi connectivity index (χ0) is 15.5. The second-order valence-electron chi connectivity index (χ2n) is 4.38. The van der Waals surface area contributed by atoms with Crippen LogP contribution in [-0.4, -0.2) is 13.4 Å². The van der Waals surface area contributed by atoms with E-state index in [0.29, 0.717) is 0 Å². The third-order valence-corrected chi connectivity index (χ3v) is 4.75. The smallest absolute Gasteiger partial charge is 0.241 e. The first-order chi connectivity index (χ1) is 9.94. The number of hydrogen-bond acceptors (Lipinski definition) is 4. The lowest BCUT2D eigenvalue weighted by atomic mass is 10.2. The Kier molecular flexibility index (Phi) is 4.58. The average molecular weight is 322 g/mol. The maximum absolute atomic E-state index is 12.3. The summed E-state index contributed by atoms with van der Waals surface area (Å²) >= 11 is 5.80. The topological polar surface area (TPSA) is 82.9 Å². The van der Waals surface area contributed by atoms with Crippen molar-refractivity contribution in [1.82, 2.24) is 9.71 Å². The molecule has 0 fully saturated rings. The minimum Gasteiger partial charge on any atom is -0.264 e. The van der Waals surface area contributed by atoms with Crippen LogP contribution in [0, 0.1) is 11.3 Å². The maximum atomic E-state index is 12.3. The van der Waals surface area contributed by atoms with Gasteiger partial charge in [0.25, 0.3) is 0 Å². The summed E-state index contributed by atoms with van der Waals surface area (Å²) in [6, 6.07) is 8.94. The fourth-order valence-electron chi connectivity index (χ4n) is 1.76. The van der Waals surface area contributed by atoms with Crippen LogP contribution in [0.3, 0.4) is 0 Å². The van der Waals surface area contributed by atoms with Crippen molar-refractivity contribution in [2.75, 3.05) is 0 Å². The molecule has 0 amide bonds. The van der Waals surface area contributed by atoms with Gasteiger partial charge in [0.05, 0.1) is 15.5 Å². The maximum Gasteiger partial charge on any atom is 0.241 e. The van der Waals surface area contributed by atoms with Gasteiger partial charge in [0, 0.05) is 18.4 Å². The van der Waals surface area contributed by atoms with Gasteiger partial charge in [-0.2, -0.15) is 5.26 Å². The molecule has 0 saturated heterocycles. The van der Waals surface area contributed by atoms with Crippen molar-refractivity contribution in [1.29, 1.82) is 5.26 Å². The van der Waals surface area contributed by atoms with Gasteiger partial charge in [0.15, 0.2) is 0 Å². The molecule has 1 heterocycles. The number of rotatable bonds is 4. The first-order valence-electron chi connectivity index (χ1n) is 6.06. The van der Waals surface area contributed by atoms with Crippen molar-refractivity contribution < 1.29 is 8.42 Å². The van der Waals surface area contributed by atoms with E-state index >= 15 is 0 Å². The molecular formula is C14H12ClN3O2S. The Hall–Kier alpha value is -1.94. The van der Waals surface area contributed by atoms with Crippen LogP contribution in [0.2, 0.25) is 5.02 Å². The minimum absolute atomic E-state index is 0.000750. The number of nitrogens with zero attached hydrogens (tertiary/aromatic N) is 2. The van der Waals surface area contributed by atoms with E-state index in [2.05, 4.69) is 9.71 Å². The highest BCUT2D eigenvalue weighted by Crippen LogP contribution is 2.21. The largest absolute Gasteiger partial charge is 0.264 e. The van der Waals surface area contributed by atoms with Gasteiger partial charge < -0.3 is 0 Å². The van der Waals surface area contributed by atoms with Gasteiger partial charge in [-0.3, -0.25) is 4.98 Å². The van der Waals surface area contributed by atoms with E-state index in [-0.39, 0.29) is 15.5 Å². The highest BCUT2D eigenvalue weighted by Gasteiger charge is 2.19.